The van der Waals surface area contributed by atoms with E-state index in [0.29, 0.717) is 24.5 Å². The fourth-order valence-electron chi connectivity index (χ4n) is 2.47. The predicted molar refractivity (Wildman–Crippen MR) is 78.6 cm³/mol. The first-order chi connectivity index (χ1) is 9.51. The standard InChI is InChI=1S/C15H23N3O2/c1-4-5-13-6-12(7-14(16)17-13)15(19)18-8-11(3)20-9-10(18)2/h6-7,10-11H,4-5,8-9H2,1-3H3,(H2,16,17). The lowest BCUT2D eigenvalue weighted by Crippen LogP contribution is -2.50. The maximum atomic E-state index is 12.7. The van der Waals surface area contributed by atoms with Crippen LogP contribution in [0.4, 0.5) is 5.82 Å². The largest absolute Gasteiger partial charge is 0.384 e. The van der Waals surface area contributed by atoms with Crippen molar-refractivity contribution in [1.82, 2.24) is 9.88 Å². The zero-order valence-corrected chi connectivity index (χ0v) is 12.4. The SMILES string of the molecule is CCCc1cc(C(=O)N2CC(C)OCC2C)cc(N)n1. The molecule has 2 atom stereocenters. The van der Waals surface area contributed by atoms with E-state index in [9.17, 15) is 4.79 Å². The zero-order chi connectivity index (χ0) is 14.7. The zero-order valence-electron chi connectivity index (χ0n) is 12.4. The first-order valence-electron chi connectivity index (χ1n) is 7.20. The molecule has 0 saturated carbocycles. The van der Waals surface area contributed by atoms with Crippen molar-refractivity contribution in [3.05, 3.63) is 23.4 Å². The highest BCUT2D eigenvalue weighted by Crippen LogP contribution is 2.17. The molecule has 5 nitrogen and oxygen atoms in total. The van der Waals surface area contributed by atoms with E-state index in [1.807, 2.05) is 24.8 Å². The van der Waals surface area contributed by atoms with Gasteiger partial charge in [-0.05, 0) is 32.4 Å². The van der Waals surface area contributed by atoms with Gasteiger partial charge >= 0.3 is 0 Å². The maximum Gasteiger partial charge on any atom is 0.254 e. The van der Waals surface area contributed by atoms with Crippen molar-refractivity contribution in [2.45, 2.75) is 45.8 Å². The molecule has 2 unspecified atom stereocenters. The summed E-state index contributed by atoms with van der Waals surface area (Å²) in [6, 6.07) is 3.60. The lowest BCUT2D eigenvalue weighted by Gasteiger charge is -2.36. The van der Waals surface area contributed by atoms with Crippen molar-refractivity contribution in [2.24, 2.45) is 0 Å². The molecule has 1 aromatic heterocycles. The van der Waals surface area contributed by atoms with E-state index in [-0.39, 0.29) is 18.1 Å². The predicted octanol–water partition coefficient (Wildman–Crippen LogP) is 1.87. The van der Waals surface area contributed by atoms with E-state index < -0.39 is 0 Å². The van der Waals surface area contributed by atoms with Crippen LogP contribution >= 0.6 is 0 Å². The third-order valence-electron chi connectivity index (χ3n) is 3.52. The second kappa shape index (κ2) is 6.22. The van der Waals surface area contributed by atoms with Crippen molar-refractivity contribution in [2.75, 3.05) is 18.9 Å². The number of rotatable bonds is 3. The van der Waals surface area contributed by atoms with Crippen molar-refractivity contribution < 1.29 is 9.53 Å². The Morgan fingerprint density at radius 3 is 2.95 bits per heavy atom. The number of aryl methyl sites for hydroxylation is 1. The van der Waals surface area contributed by atoms with Gasteiger partial charge in [0.15, 0.2) is 0 Å². The molecule has 0 radical (unpaired) electrons. The maximum absolute atomic E-state index is 12.7. The number of hydrogen-bond donors (Lipinski definition) is 1. The van der Waals surface area contributed by atoms with E-state index >= 15 is 0 Å². The minimum absolute atomic E-state index is 0.0131. The molecular weight excluding hydrogens is 254 g/mol. The summed E-state index contributed by atoms with van der Waals surface area (Å²) in [5.74, 6) is 0.423. The van der Waals surface area contributed by atoms with E-state index in [0.717, 1.165) is 18.5 Å². The topological polar surface area (TPSA) is 68.5 Å². The molecule has 0 spiro atoms. The number of aromatic nitrogens is 1. The highest BCUT2D eigenvalue weighted by molar-refractivity contribution is 5.95. The summed E-state index contributed by atoms with van der Waals surface area (Å²) in [5.41, 5.74) is 7.32. The summed E-state index contributed by atoms with van der Waals surface area (Å²) in [6.07, 6.45) is 1.89. The van der Waals surface area contributed by atoms with Crippen molar-refractivity contribution in [3.63, 3.8) is 0 Å². The van der Waals surface area contributed by atoms with E-state index in [4.69, 9.17) is 10.5 Å². The van der Waals surface area contributed by atoms with Crippen LogP contribution in [0.15, 0.2) is 12.1 Å². The second-order valence-corrected chi connectivity index (χ2v) is 5.47. The number of ether oxygens (including phenoxy) is 1. The van der Waals surface area contributed by atoms with E-state index in [1.54, 1.807) is 6.07 Å². The Balaban J connectivity index is 2.23. The molecule has 2 N–H and O–H groups in total. The van der Waals surface area contributed by atoms with Crippen molar-refractivity contribution >= 4 is 11.7 Å². The Hall–Kier alpha value is -1.62. The number of nitrogen functional groups attached to an aromatic ring is 1. The van der Waals surface area contributed by atoms with Gasteiger partial charge in [-0.15, -0.1) is 0 Å². The number of anilines is 1. The Kier molecular flexibility index (Phi) is 4.60. The van der Waals surface area contributed by atoms with Crippen LogP contribution in [-0.4, -0.2) is 41.1 Å². The fourth-order valence-corrected chi connectivity index (χ4v) is 2.47. The Morgan fingerprint density at radius 1 is 1.50 bits per heavy atom. The summed E-state index contributed by atoms with van der Waals surface area (Å²) in [4.78, 5) is 18.8. The summed E-state index contributed by atoms with van der Waals surface area (Å²) in [5, 5.41) is 0. The summed E-state index contributed by atoms with van der Waals surface area (Å²) in [6.45, 7) is 7.26. The number of morpholine rings is 1. The van der Waals surface area contributed by atoms with Gasteiger partial charge in [-0.1, -0.05) is 13.3 Å². The lowest BCUT2D eigenvalue weighted by molar-refractivity contribution is -0.0387. The number of pyridine rings is 1. The molecule has 0 aliphatic carbocycles. The Labute approximate surface area is 120 Å². The molecule has 1 saturated heterocycles. The van der Waals surface area contributed by atoms with Crippen LogP contribution in [0, 0.1) is 0 Å². The van der Waals surface area contributed by atoms with Crippen LogP contribution < -0.4 is 5.73 Å². The van der Waals surface area contributed by atoms with Gasteiger partial charge in [0.25, 0.3) is 5.91 Å². The second-order valence-electron chi connectivity index (χ2n) is 5.47. The molecule has 2 heterocycles. The monoisotopic (exact) mass is 277 g/mol. The summed E-state index contributed by atoms with van der Waals surface area (Å²) < 4.78 is 5.56. The smallest absolute Gasteiger partial charge is 0.254 e. The molecule has 1 aliphatic heterocycles. The van der Waals surface area contributed by atoms with Crippen molar-refractivity contribution in [1.29, 1.82) is 0 Å². The minimum Gasteiger partial charge on any atom is -0.384 e. The number of carbonyl (C=O) groups excluding carboxylic acids is 1. The van der Waals surface area contributed by atoms with Gasteiger partial charge in [-0.25, -0.2) is 4.98 Å². The van der Waals surface area contributed by atoms with Gasteiger partial charge in [0.2, 0.25) is 0 Å². The van der Waals surface area contributed by atoms with Crippen LogP contribution in [0.3, 0.4) is 0 Å². The minimum atomic E-state index is 0.0131. The molecule has 20 heavy (non-hydrogen) atoms. The molecule has 1 amide bonds. The number of nitrogens with zero attached hydrogens (tertiary/aromatic N) is 2. The van der Waals surface area contributed by atoms with E-state index in [1.165, 1.54) is 0 Å². The summed E-state index contributed by atoms with van der Waals surface area (Å²) in [7, 11) is 0. The van der Waals surface area contributed by atoms with Gasteiger partial charge in [-0.3, -0.25) is 4.79 Å². The van der Waals surface area contributed by atoms with Crippen LogP contribution in [-0.2, 0) is 11.2 Å². The Bertz CT molecular complexity index is 490. The van der Waals surface area contributed by atoms with Crippen LogP contribution in [0.25, 0.3) is 0 Å². The number of nitrogens with two attached hydrogens (primary N) is 1. The van der Waals surface area contributed by atoms with E-state index in [2.05, 4.69) is 11.9 Å². The molecule has 1 aliphatic rings. The first-order valence-corrected chi connectivity index (χ1v) is 7.20. The quantitative estimate of drug-likeness (QED) is 0.915. The van der Waals surface area contributed by atoms with Crippen LogP contribution in [0.1, 0.15) is 43.2 Å². The van der Waals surface area contributed by atoms with Crippen LogP contribution in [0.2, 0.25) is 0 Å². The highest BCUT2D eigenvalue weighted by Gasteiger charge is 2.28. The van der Waals surface area contributed by atoms with Gasteiger partial charge in [-0.2, -0.15) is 0 Å². The van der Waals surface area contributed by atoms with Gasteiger partial charge < -0.3 is 15.4 Å². The molecule has 1 aromatic rings. The third-order valence-corrected chi connectivity index (χ3v) is 3.52. The average Bonchev–Trinajstić information content (AvgIpc) is 2.40. The van der Waals surface area contributed by atoms with Crippen molar-refractivity contribution in [3.8, 4) is 0 Å². The average molecular weight is 277 g/mol. The number of carbonyl (C=O) groups is 1. The normalized spacial score (nSPS) is 22.9. The number of amides is 1. The van der Waals surface area contributed by atoms with Gasteiger partial charge in [0.1, 0.15) is 5.82 Å². The summed E-state index contributed by atoms with van der Waals surface area (Å²) >= 11 is 0. The van der Waals surface area contributed by atoms with Gasteiger partial charge in [0, 0.05) is 17.8 Å². The Morgan fingerprint density at radius 2 is 2.25 bits per heavy atom. The van der Waals surface area contributed by atoms with Crippen LogP contribution in [0.5, 0.6) is 0 Å². The first kappa shape index (κ1) is 14.8. The molecule has 0 bridgehead atoms. The van der Waals surface area contributed by atoms with Gasteiger partial charge in [0.05, 0.1) is 18.8 Å². The lowest BCUT2D eigenvalue weighted by atomic mass is 10.1. The molecule has 110 valence electrons. The highest BCUT2D eigenvalue weighted by atomic mass is 16.5. The number of hydrogen-bond acceptors (Lipinski definition) is 4. The third kappa shape index (κ3) is 3.28. The molecule has 1 fully saturated rings. The molecule has 2 rings (SSSR count). The molecule has 0 aromatic carbocycles. The fraction of sp³-hybridized carbons (Fsp3) is 0.600. The molecular formula is C15H23N3O2. The molecule has 5 heteroatoms.